The molecule has 1 amide bonds. The number of carbonyl (C=O) groups excluding carboxylic acids is 1. The maximum atomic E-state index is 11.1. The lowest BCUT2D eigenvalue weighted by Crippen LogP contribution is -2.38. The summed E-state index contributed by atoms with van der Waals surface area (Å²) in [5, 5.41) is 8.73. The molecule has 0 aromatic rings. The molecule has 1 fully saturated rings. The van der Waals surface area contributed by atoms with Crippen LogP contribution in [-0.4, -0.2) is 34.5 Å². The fraction of sp³-hybridized carbons (Fsp3) is 0.750. The molecule has 1 aliphatic heterocycles. The van der Waals surface area contributed by atoms with Crippen molar-refractivity contribution in [3.63, 3.8) is 0 Å². The van der Waals surface area contributed by atoms with Crippen molar-refractivity contribution in [1.29, 1.82) is 0 Å². The topological polar surface area (TPSA) is 57.6 Å². The van der Waals surface area contributed by atoms with Gasteiger partial charge in [-0.2, -0.15) is 0 Å². The van der Waals surface area contributed by atoms with Crippen LogP contribution in [0.25, 0.3) is 0 Å². The molecule has 0 aliphatic carbocycles. The van der Waals surface area contributed by atoms with Gasteiger partial charge in [0.1, 0.15) is 6.04 Å². The maximum Gasteiger partial charge on any atom is 0.326 e. The Labute approximate surface area is 71.2 Å². The number of likely N-dealkylation sites (tertiary alicyclic amines) is 1. The Morgan fingerprint density at radius 1 is 1.75 bits per heavy atom. The van der Waals surface area contributed by atoms with E-state index in [1.165, 1.54) is 4.90 Å². The van der Waals surface area contributed by atoms with Crippen LogP contribution >= 0.6 is 0 Å². The SMILES string of the molecule is CCCN1C(=O)CC[C@H]1C(=O)O. The molecule has 0 unspecified atom stereocenters. The van der Waals surface area contributed by atoms with Crippen molar-refractivity contribution in [2.75, 3.05) is 6.54 Å². The van der Waals surface area contributed by atoms with Crippen molar-refractivity contribution in [2.24, 2.45) is 0 Å². The normalized spacial score (nSPS) is 23.2. The first-order valence-electron chi connectivity index (χ1n) is 4.19. The van der Waals surface area contributed by atoms with Gasteiger partial charge in [0, 0.05) is 13.0 Å². The number of carboxylic acids is 1. The lowest BCUT2D eigenvalue weighted by atomic mass is 10.2. The number of aliphatic carboxylic acids is 1. The van der Waals surface area contributed by atoms with Gasteiger partial charge in [-0.05, 0) is 12.8 Å². The van der Waals surface area contributed by atoms with Crippen LogP contribution in [0.5, 0.6) is 0 Å². The second-order valence-corrected chi connectivity index (χ2v) is 2.98. The van der Waals surface area contributed by atoms with Crippen molar-refractivity contribution in [3.05, 3.63) is 0 Å². The molecule has 0 spiro atoms. The smallest absolute Gasteiger partial charge is 0.326 e. The second kappa shape index (κ2) is 3.56. The predicted octanol–water partition coefficient (Wildman–Crippen LogP) is 0.472. The third kappa shape index (κ3) is 1.57. The predicted molar refractivity (Wildman–Crippen MR) is 42.7 cm³/mol. The first-order valence-corrected chi connectivity index (χ1v) is 4.19. The molecule has 1 aliphatic rings. The first-order chi connectivity index (χ1) is 5.66. The fourth-order valence-corrected chi connectivity index (χ4v) is 1.51. The fourth-order valence-electron chi connectivity index (χ4n) is 1.51. The van der Waals surface area contributed by atoms with E-state index in [0.29, 0.717) is 19.4 Å². The number of hydrogen-bond acceptors (Lipinski definition) is 2. The van der Waals surface area contributed by atoms with Crippen LogP contribution in [0.15, 0.2) is 0 Å². The number of carboxylic acid groups (broad SMARTS) is 1. The van der Waals surface area contributed by atoms with E-state index in [1.54, 1.807) is 0 Å². The third-order valence-corrected chi connectivity index (χ3v) is 2.08. The molecule has 12 heavy (non-hydrogen) atoms. The zero-order valence-corrected chi connectivity index (χ0v) is 7.12. The Kier molecular flexibility index (Phi) is 2.68. The number of carbonyl (C=O) groups is 2. The Bertz CT molecular complexity index is 202. The quantitative estimate of drug-likeness (QED) is 0.671. The molecule has 1 atom stereocenters. The van der Waals surface area contributed by atoms with E-state index in [9.17, 15) is 9.59 Å². The van der Waals surface area contributed by atoms with Crippen LogP contribution in [0.2, 0.25) is 0 Å². The number of rotatable bonds is 3. The van der Waals surface area contributed by atoms with Gasteiger partial charge < -0.3 is 10.0 Å². The average Bonchev–Trinajstić information content (AvgIpc) is 2.34. The summed E-state index contributed by atoms with van der Waals surface area (Å²) in [5.74, 6) is -0.904. The summed E-state index contributed by atoms with van der Waals surface area (Å²) in [6.07, 6.45) is 1.67. The average molecular weight is 171 g/mol. The summed E-state index contributed by atoms with van der Waals surface area (Å²) < 4.78 is 0. The van der Waals surface area contributed by atoms with Crippen LogP contribution in [0.4, 0.5) is 0 Å². The lowest BCUT2D eigenvalue weighted by molar-refractivity contribution is -0.146. The summed E-state index contributed by atoms with van der Waals surface area (Å²) in [6, 6.07) is -0.572. The van der Waals surface area contributed by atoms with E-state index in [-0.39, 0.29) is 5.91 Å². The molecule has 1 rings (SSSR count). The highest BCUT2D eigenvalue weighted by molar-refractivity contribution is 5.87. The number of hydrogen-bond donors (Lipinski definition) is 1. The van der Waals surface area contributed by atoms with E-state index in [1.807, 2.05) is 6.92 Å². The molecule has 1 saturated heterocycles. The Morgan fingerprint density at radius 2 is 2.42 bits per heavy atom. The van der Waals surface area contributed by atoms with E-state index in [4.69, 9.17) is 5.11 Å². The van der Waals surface area contributed by atoms with Crippen molar-refractivity contribution < 1.29 is 14.7 Å². The van der Waals surface area contributed by atoms with Gasteiger partial charge in [-0.1, -0.05) is 6.92 Å². The molecule has 0 saturated carbocycles. The van der Waals surface area contributed by atoms with E-state index in [0.717, 1.165) is 6.42 Å². The summed E-state index contributed by atoms with van der Waals surface area (Å²) in [5.41, 5.74) is 0. The van der Waals surface area contributed by atoms with Crippen molar-refractivity contribution in [3.8, 4) is 0 Å². The molecule has 0 aromatic carbocycles. The highest BCUT2D eigenvalue weighted by Gasteiger charge is 2.34. The highest BCUT2D eigenvalue weighted by atomic mass is 16.4. The van der Waals surface area contributed by atoms with Crippen LogP contribution in [0, 0.1) is 0 Å². The summed E-state index contributed by atoms with van der Waals surface area (Å²) >= 11 is 0. The minimum absolute atomic E-state index is 0.0238. The van der Waals surface area contributed by atoms with E-state index >= 15 is 0 Å². The summed E-state index contributed by atoms with van der Waals surface area (Å²) in [4.78, 5) is 23.2. The molecule has 0 aromatic heterocycles. The van der Waals surface area contributed by atoms with E-state index < -0.39 is 12.0 Å². The minimum Gasteiger partial charge on any atom is -0.480 e. The number of amides is 1. The zero-order valence-electron chi connectivity index (χ0n) is 7.12. The lowest BCUT2D eigenvalue weighted by Gasteiger charge is -2.20. The van der Waals surface area contributed by atoms with Gasteiger partial charge in [0.25, 0.3) is 0 Å². The molecule has 0 radical (unpaired) electrons. The molecule has 1 heterocycles. The van der Waals surface area contributed by atoms with Gasteiger partial charge in [-0.3, -0.25) is 4.79 Å². The Morgan fingerprint density at radius 3 is 2.92 bits per heavy atom. The van der Waals surface area contributed by atoms with Crippen LogP contribution in [0.1, 0.15) is 26.2 Å². The number of nitrogens with zero attached hydrogens (tertiary/aromatic N) is 1. The standard InChI is InChI=1S/C8H13NO3/c1-2-5-9-6(8(11)12)3-4-7(9)10/h6H,2-5H2,1H3,(H,11,12)/t6-/m0/s1. The van der Waals surface area contributed by atoms with Crippen molar-refractivity contribution in [1.82, 2.24) is 4.90 Å². The third-order valence-electron chi connectivity index (χ3n) is 2.08. The molecule has 0 bridgehead atoms. The molecule has 1 N–H and O–H groups in total. The van der Waals surface area contributed by atoms with Gasteiger partial charge in [0.15, 0.2) is 0 Å². The first kappa shape index (κ1) is 9.03. The molecule has 4 nitrogen and oxygen atoms in total. The monoisotopic (exact) mass is 171 g/mol. The minimum atomic E-state index is -0.880. The molecular weight excluding hydrogens is 158 g/mol. The van der Waals surface area contributed by atoms with Gasteiger partial charge in [0.05, 0.1) is 0 Å². The van der Waals surface area contributed by atoms with Gasteiger partial charge in [0.2, 0.25) is 5.91 Å². The highest BCUT2D eigenvalue weighted by Crippen LogP contribution is 2.18. The maximum absolute atomic E-state index is 11.1. The van der Waals surface area contributed by atoms with Gasteiger partial charge in [-0.15, -0.1) is 0 Å². The van der Waals surface area contributed by atoms with E-state index in [2.05, 4.69) is 0 Å². The molecule has 4 heteroatoms. The second-order valence-electron chi connectivity index (χ2n) is 2.98. The van der Waals surface area contributed by atoms with Crippen LogP contribution < -0.4 is 0 Å². The van der Waals surface area contributed by atoms with Crippen molar-refractivity contribution >= 4 is 11.9 Å². The Hall–Kier alpha value is -1.06. The molecular formula is C8H13NO3. The largest absolute Gasteiger partial charge is 0.480 e. The zero-order chi connectivity index (χ0) is 9.14. The van der Waals surface area contributed by atoms with Crippen LogP contribution in [-0.2, 0) is 9.59 Å². The van der Waals surface area contributed by atoms with Crippen LogP contribution in [0.3, 0.4) is 0 Å². The van der Waals surface area contributed by atoms with Crippen molar-refractivity contribution in [2.45, 2.75) is 32.2 Å². The Balaban J connectivity index is 2.63. The summed E-state index contributed by atoms with van der Waals surface area (Å²) in [7, 11) is 0. The van der Waals surface area contributed by atoms with Gasteiger partial charge >= 0.3 is 5.97 Å². The van der Waals surface area contributed by atoms with Gasteiger partial charge in [-0.25, -0.2) is 4.79 Å². The molecule has 68 valence electrons. The summed E-state index contributed by atoms with van der Waals surface area (Å²) in [6.45, 7) is 2.50.